The lowest BCUT2D eigenvalue weighted by atomic mass is 10.1. The second-order valence-corrected chi connectivity index (χ2v) is 8.13. The van der Waals surface area contributed by atoms with Gasteiger partial charge in [-0.15, -0.1) is 0 Å². The molecule has 1 saturated heterocycles. The average Bonchev–Trinajstić information content (AvgIpc) is 3.31. The van der Waals surface area contributed by atoms with Crippen LogP contribution < -0.4 is 10.9 Å². The van der Waals surface area contributed by atoms with Crippen LogP contribution in [-0.4, -0.2) is 55.8 Å². The Morgan fingerprint density at radius 2 is 1.84 bits per heavy atom. The number of rotatable bonds is 4. The van der Waals surface area contributed by atoms with E-state index in [0.717, 1.165) is 25.7 Å². The predicted molar refractivity (Wildman–Crippen MR) is 87.9 cm³/mol. The first-order valence-corrected chi connectivity index (χ1v) is 9.79. The molecule has 0 aromatic carbocycles. The first-order valence-electron chi connectivity index (χ1n) is 8.35. The summed E-state index contributed by atoms with van der Waals surface area (Å²) in [7, 11) is -3.66. The Balaban J connectivity index is 1.60. The van der Waals surface area contributed by atoms with Crippen LogP contribution in [-0.2, 0) is 19.6 Å². The lowest BCUT2D eigenvalue weighted by molar-refractivity contribution is -0.125. The van der Waals surface area contributed by atoms with Crippen molar-refractivity contribution in [3.8, 4) is 0 Å². The van der Waals surface area contributed by atoms with E-state index in [-0.39, 0.29) is 35.5 Å². The topological polar surface area (TPSA) is 121 Å². The zero-order chi connectivity index (χ0) is 17.9. The Hall–Kier alpha value is -1.91. The molecule has 3 N–H and O–H groups in total. The molecule has 0 radical (unpaired) electrons. The van der Waals surface area contributed by atoms with E-state index < -0.39 is 15.9 Å². The first-order chi connectivity index (χ1) is 12.0. The molecular weight excluding hydrogens is 348 g/mol. The summed E-state index contributed by atoms with van der Waals surface area (Å²) in [6, 6.07) is 1.27. The molecule has 2 amide bonds. The molecule has 1 aliphatic carbocycles. The summed E-state index contributed by atoms with van der Waals surface area (Å²) in [6.07, 6.45) is 4.97. The van der Waals surface area contributed by atoms with Gasteiger partial charge >= 0.3 is 0 Å². The molecule has 25 heavy (non-hydrogen) atoms. The predicted octanol–water partition coefficient (Wildman–Crippen LogP) is -0.0132. The Morgan fingerprint density at radius 1 is 1.16 bits per heavy atom. The van der Waals surface area contributed by atoms with Gasteiger partial charge in [0.1, 0.15) is 10.6 Å². The molecule has 2 aliphatic rings. The third-order valence-electron chi connectivity index (χ3n) is 4.53. The average molecular weight is 370 g/mol. The summed E-state index contributed by atoms with van der Waals surface area (Å²) in [5, 5.41) is 0. The van der Waals surface area contributed by atoms with Crippen LogP contribution in [0.15, 0.2) is 17.2 Å². The second kappa shape index (κ2) is 7.54. The number of hydrazine groups is 1. The number of hydrogen-bond donors (Lipinski definition) is 3. The number of aromatic amines is 1. The minimum absolute atomic E-state index is 0.0154. The van der Waals surface area contributed by atoms with Crippen molar-refractivity contribution in [2.75, 3.05) is 26.3 Å². The number of carbonyl (C=O) groups is 2. The van der Waals surface area contributed by atoms with Crippen LogP contribution >= 0.6 is 0 Å². The normalized spacial score (nSPS) is 19.7. The molecule has 2 fully saturated rings. The third kappa shape index (κ3) is 4.02. The van der Waals surface area contributed by atoms with Gasteiger partial charge in [-0.1, -0.05) is 12.8 Å². The Labute approximate surface area is 146 Å². The summed E-state index contributed by atoms with van der Waals surface area (Å²) < 4.78 is 31.5. The van der Waals surface area contributed by atoms with Gasteiger partial charge < -0.3 is 9.72 Å². The number of amides is 2. The molecule has 2 heterocycles. The number of nitrogens with zero attached hydrogens (tertiary/aromatic N) is 1. The number of nitrogens with one attached hydrogen (secondary N) is 3. The summed E-state index contributed by atoms with van der Waals surface area (Å²) in [5.41, 5.74) is 4.79. The molecule has 0 unspecified atom stereocenters. The molecule has 3 rings (SSSR count). The van der Waals surface area contributed by atoms with Crippen molar-refractivity contribution in [3.63, 3.8) is 0 Å². The standard InChI is InChI=1S/C15H22N4O5S/c20-14(11-3-1-2-4-11)17-18-15(21)13-9-12(10-16-13)25(22,23)19-5-7-24-8-6-19/h9-11,16H,1-8H2,(H,17,20)(H,18,21). The second-order valence-electron chi connectivity index (χ2n) is 6.19. The summed E-state index contributed by atoms with van der Waals surface area (Å²) >= 11 is 0. The van der Waals surface area contributed by atoms with Crippen molar-refractivity contribution < 1.29 is 22.7 Å². The molecule has 0 atom stereocenters. The van der Waals surface area contributed by atoms with Gasteiger partial charge in [0.15, 0.2) is 0 Å². The van der Waals surface area contributed by atoms with Gasteiger partial charge in [0.2, 0.25) is 15.9 Å². The fourth-order valence-electron chi connectivity index (χ4n) is 3.07. The van der Waals surface area contributed by atoms with Gasteiger partial charge in [0.05, 0.1) is 13.2 Å². The molecule has 1 aliphatic heterocycles. The van der Waals surface area contributed by atoms with Crippen LogP contribution in [0.4, 0.5) is 0 Å². The monoisotopic (exact) mass is 370 g/mol. The van der Waals surface area contributed by atoms with Gasteiger partial charge in [0.25, 0.3) is 5.91 Å². The molecule has 0 spiro atoms. The number of sulfonamides is 1. The smallest absolute Gasteiger partial charge is 0.286 e. The fourth-order valence-corrected chi connectivity index (χ4v) is 4.47. The number of carbonyl (C=O) groups excluding carboxylic acids is 2. The van der Waals surface area contributed by atoms with Crippen molar-refractivity contribution in [1.82, 2.24) is 20.1 Å². The van der Waals surface area contributed by atoms with E-state index in [2.05, 4.69) is 15.8 Å². The van der Waals surface area contributed by atoms with E-state index in [0.29, 0.717) is 13.2 Å². The van der Waals surface area contributed by atoms with Crippen LogP contribution in [0.1, 0.15) is 36.2 Å². The van der Waals surface area contributed by atoms with Crippen LogP contribution in [0, 0.1) is 5.92 Å². The van der Waals surface area contributed by atoms with Gasteiger partial charge in [-0.2, -0.15) is 4.31 Å². The molecule has 138 valence electrons. The van der Waals surface area contributed by atoms with Crippen LogP contribution in [0.2, 0.25) is 0 Å². The van der Waals surface area contributed by atoms with Crippen molar-refractivity contribution >= 4 is 21.8 Å². The highest BCUT2D eigenvalue weighted by atomic mass is 32.2. The molecule has 10 heteroatoms. The highest BCUT2D eigenvalue weighted by Crippen LogP contribution is 2.24. The maximum atomic E-state index is 12.5. The lowest BCUT2D eigenvalue weighted by Gasteiger charge is -2.25. The molecular formula is C15H22N4O5S. The largest absolute Gasteiger partial charge is 0.379 e. The molecule has 9 nitrogen and oxygen atoms in total. The number of morpholine rings is 1. The van der Waals surface area contributed by atoms with E-state index in [1.165, 1.54) is 16.6 Å². The number of hydrogen-bond acceptors (Lipinski definition) is 5. The maximum absolute atomic E-state index is 12.5. The number of aromatic nitrogens is 1. The van der Waals surface area contributed by atoms with Crippen LogP contribution in [0.3, 0.4) is 0 Å². The molecule has 0 bridgehead atoms. The Morgan fingerprint density at radius 3 is 2.52 bits per heavy atom. The van der Waals surface area contributed by atoms with Crippen LogP contribution in [0.5, 0.6) is 0 Å². The van der Waals surface area contributed by atoms with Crippen molar-refractivity contribution in [2.24, 2.45) is 5.92 Å². The van der Waals surface area contributed by atoms with Crippen molar-refractivity contribution in [3.05, 3.63) is 18.0 Å². The zero-order valence-corrected chi connectivity index (χ0v) is 14.6. The third-order valence-corrected chi connectivity index (χ3v) is 6.41. The summed E-state index contributed by atoms with van der Waals surface area (Å²) in [5.74, 6) is -0.866. The highest BCUT2D eigenvalue weighted by molar-refractivity contribution is 7.89. The molecule has 1 saturated carbocycles. The van der Waals surface area contributed by atoms with Crippen molar-refractivity contribution in [1.29, 1.82) is 0 Å². The van der Waals surface area contributed by atoms with Gasteiger partial charge in [-0.25, -0.2) is 8.42 Å². The zero-order valence-electron chi connectivity index (χ0n) is 13.8. The summed E-state index contributed by atoms with van der Waals surface area (Å²) in [6.45, 7) is 1.27. The van der Waals surface area contributed by atoms with Crippen LogP contribution in [0.25, 0.3) is 0 Å². The van der Waals surface area contributed by atoms with Crippen molar-refractivity contribution in [2.45, 2.75) is 30.6 Å². The van der Waals surface area contributed by atoms with Gasteiger partial charge in [-0.3, -0.25) is 20.4 Å². The fraction of sp³-hybridized carbons (Fsp3) is 0.600. The van der Waals surface area contributed by atoms with E-state index in [1.54, 1.807) is 0 Å². The number of ether oxygens (including phenoxy) is 1. The SMILES string of the molecule is O=C(NNC(=O)C1CCCC1)c1cc(S(=O)(=O)N2CCOCC2)c[nH]1. The molecule has 1 aromatic rings. The Bertz CT molecular complexity index is 733. The van der Waals surface area contributed by atoms with E-state index >= 15 is 0 Å². The van der Waals surface area contributed by atoms with Gasteiger partial charge in [0, 0.05) is 25.2 Å². The number of H-pyrrole nitrogens is 1. The van der Waals surface area contributed by atoms with E-state index in [9.17, 15) is 18.0 Å². The van der Waals surface area contributed by atoms with Gasteiger partial charge in [-0.05, 0) is 18.9 Å². The molecule has 1 aromatic heterocycles. The van der Waals surface area contributed by atoms with E-state index in [1.807, 2.05) is 0 Å². The van der Waals surface area contributed by atoms with E-state index in [4.69, 9.17) is 4.74 Å². The lowest BCUT2D eigenvalue weighted by Crippen LogP contribution is -2.44. The minimum Gasteiger partial charge on any atom is -0.379 e. The highest BCUT2D eigenvalue weighted by Gasteiger charge is 2.28. The summed E-state index contributed by atoms with van der Waals surface area (Å²) in [4.78, 5) is 26.7. The minimum atomic E-state index is -3.66. The quantitative estimate of drug-likeness (QED) is 0.644. The Kier molecular flexibility index (Phi) is 5.40. The first kappa shape index (κ1) is 17.9. The maximum Gasteiger partial charge on any atom is 0.286 e.